The summed E-state index contributed by atoms with van der Waals surface area (Å²) in [6, 6.07) is 5.28. The molecule has 1 N–H and O–H groups in total. The van der Waals surface area contributed by atoms with Crippen LogP contribution in [0.25, 0.3) is 0 Å². The van der Waals surface area contributed by atoms with Crippen molar-refractivity contribution in [1.29, 1.82) is 0 Å². The Kier molecular flexibility index (Phi) is 3.66. The van der Waals surface area contributed by atoms with Crippen LogP contribution in [0.4, 0.5) is 10.1 Å². The van der Waals surface area contributed by atoms with Gasteiger partial charge in [-0.1, -0.05) is 24.6 Å². The molecule has 2 rings (SSSR count). The zero-order valence-electron chi connectivity index (χ0n) is 9.34. The maximum atomic E-state index is 13.7. The molecular weight excluding hydrogens is 227 g/mol. The zero-order valence-corrected chi connectivity index (χ0v) is 10.1. The fraction of sp³-hybridized carbons (Fsp3) is 0.500. The van der Waals surface area contributed by atoms with Crippen LogP contribution < -0.4 is 10.2 Å². The topological polar surface area (TPSA) is 15.3 Å². The minimum absolute atomic E-state index is 0.232. The summed E-state index contributed by atoms with van der Waals surface area (Å²) in [5, 5.41) is 3.87. The van der Waals surface area contributed by atoms with Gasteiger partial charge in [0.15, 0.2) is 0 Å². The third-order valence-corrected chi connectivity index (χ3v) is 3.24. The lowest BCUT2D eigenvalue weighted by molar-refractivity contribution is 0.570. The number of anilines is 1. The van der Waals surface area contributed by atoms with E-state index in [4.69, 9.17) is 11.6 Å². The molecule has 2 nitrogen and oxygen atoms in total. The number of hydrogen-bond acceptors (Lipinski definition) is 2. The highest BCUT2D eigenvalue weighted by Gasteiger charge is 2.25. The fourth-order valence-electron chi connectivity index (χ4n) is 2.21. The highest BCUT2D eigenvalue weighted by Crippen LogP contribution is 2.31. The predicted octanol–water partition coefficient (Wildman–Crippen LogP) is 2.67. The van der Waals surface area contributed by atoms with Crippen molar-refractivity contribution in [2.45, 2.75) is 19.4 Å². The molecule has 0 radical (unpaired) electrons. The molecule has 1 atom stereocenters. The quantitative estimate of drug-likeness (QED) is 0.877. The molecule has 16 heavy (non-hydrogen) atoms. The average Bonchev–Trinajstić information content (AvgIpc) is 2.67. The van der Waals surface area contributed by atoms with Gasteiger partial charge in [0.1, 0.15) is 5.82 Å². The number of hydrogen-bond donors (Lipinski definition) is 1. The van der Waals surface area contributed by atoms with E-state index >= 15 is 0 Å². The van der Waals surface area contributed by atoms with Crippen molar-refractivity contribution < 1.29 is 4.39 Å². The molecule has 1 heterocycles. The number of para-hydroxylation sites is 1. The highest BCUT2D eigenvalue weighted by atomic mass is 35.5. The Morgan fingerprint density at radius 3 is 3.06 bits per heavy atom. The molecule has 1 aromatic rings. The molecule has 1 aromatic carbocycles. The molecule has 0 amide bonds. The van der Waals surface area contributed by atoms with Crippen molar-refractivity contribution in [2.24, 2.45) is 0 Å². The summed E-state index contributed by atoms with van der Waals surface area (Å²) >= 11 is 6.03. The van der Waals surface area contributed by atoms with Gasteiger partial charge in [-0.05, 0) is 25.1 Å². The Balaban J connectivity index is 2.14. The fourth-order valence-corrected chi connectivity index (χ4v) is 2.49. The maximum absolute atomic E-state index is 13.7. The number of nitrogens with one attached hydrogen (secondary N) is 1. The van der Waals surface area contributed by atoms with E-state index in [9.17, 15) is 4.39 Å². The van der Waals surface area contributed by atoms with Crippen molar-refractivity contribution in [3.63, 3.8) is 0 Å². The molecule has 1 aliphatic heterocycles. The molecular formula is C12H16ClFN2. The van der Waals surface area contributed by atoms with Crippen LogP contribution in [0.5, 0.6) is 0 Å². The van der Waals surface area contributed by atoms with E-state index in [1.165, 1.54) is 6.07 Å². The van der Waals surface area contributed by atoms with E-state index in [1.54, 1.807) is 12.1 Å². The second-order valence-electron chi connectivity index (χ2n) is 4.06. The predicted molar refractivity (Wildman–Crippen MR) is 65.7 cm³/mol. The second kappa shape index (κ2) is 5.02. The lowest BCUT2D eigenvalue weighted by Crippen LogP contribution is -2.32. The minimum Gasteiger partial charge on any atom is -0.366 e. The van der Waals surface area contributed by atoms with Crippen LogP contribution >= 0.6 is 11.6 Å². The summed E-state index contributed by atoms with van der Waals surface area (Å²) in [6.07, 6.45) is 1.04. The van der Waals surface area contributed by atoms with Crippen molar-refractivity contribution >= 4 is 17.3 Å². The summed E-state index contributed by atoms with van der Waals surface area (Å²) in [4.78, 5) is 2.02. The second-order valence-corrected chi connectivity index (χ2v) is 4.47. The van der Waals surface area contributed by atoms with Crippen molar-refractivity contribution in [2.75, 3.05) is 24.5 Å². The number of nitrogens with zero attached hydrogens (tertiary/aromatic N) is 1. The number of halogens is 2. The molecule has 4 heteroatoms. The monoisotopic (exact) mass is 242 g/mol. The first-order valence-electron chi connectivity index (χ1n) is 5.64. The summed E-state index contributed by atoms with van der Waals surface area (Å²) < 4.78 is 13.7. The number of likely N-dealkylation sites (N-methyl/N-ethyl adjacent to an activating group) is 1. The largest absolute Gasteiger partial charge is 0.366 e. The van der Waals surface area contributed by atoms with Crippen LogP contribution in [-0.2, 0) is 0 Å². The van der Waals surface area contributed by atoms with E-state index < -0.39 is 0 Å². The van der Waals surface area contributed by atoms with Crippen LogP contribution in [0.1, 0.15) is 13.3 Å². The van der Waals surface area contributed by atoms with E-state index in [-0.39, 0.29) is 5.82 Å². The summed E-state index contributed by atoms with van der Waals surface area (Å²) in [7, 11) is 0. The van der Waals surface area contributed by atoms with E-state index in [0.29, 0.717) is 16.8 Å². The molecule has 0 aromatic heterocycles. The summed E-state index contributed by atoms with van der Waals surface area (Å²) in [6.45, 7) is 4.72. The van der Waals surface area contributed by atoms with Crippen LogP contribution in [-0.4, -0.2) is 25.7 Å². The highest BCUT2D eigenvalue weighted by molar-refractivity contribution is 6.33. The van der Waals surface area contributed by atoms with Crippen molar-refractivity contribution in [3.05, 3.63) is 29.0 Å². The first-order chi connectivity index (χ1) is 7.72. The summed E-state index contributed by atoms with van der Waals surface area (Å²) in [5.41, 5.74) is 0.546. The van der Waals surface area contributed by atoms with Gasteiger partial charge in [0.05, 0.1) is 10.7 Å². The molecule has 0 spiro atoms. The standard InChI is InChI=1S/C12H16ClFN2/c1-2-15-9-6-7-16(8-9)12-10(13)4-3-5-11(12)14/h3-5,9,15H,2,6-8H2,1H3. The number of rotatable bonds is 3. The third kappa shape index (κ3) is 2.30. The van der Waals surface area contributed by atoms with Gasteiger partial charge in [-0.2, -0.15) is 0 Å². The third-order valence-electron chi connectivity index (χ3n) is 2.93. The molecule has 88 valence electrons. The molecule has 0 aliphatic carbocycles. The molecule has 1 fully saturated rings. The lowest BCUT2D eigenvalue weighted by atomic mass is 10.2. The lowest BCUT2D eigenvalue weighted by Gasteiger charge is -2.20. The molecule has 1 aliphatic rings. The van der Waals surface area contributed by atoms with E-state index in [1.807, 2.05) is 4.90 Å². The minimum atomic E-state index is -0.232. The molecule has 0 saturated carbocycles. The van der Waals surface area contributed by atoms with Gasteiger partial charge >= 0.3 is 0 Å². The molecule has 0 bridgehead atoms. The Morgan fingerprint density at radius 2 is 2.38 bits per heavy atom. The average molecular weight is 243 g/mol. The van der Waals surface area contributed by atoms with Gasteiger partial charge in [-0.25, -0.2) is 4.39 Å². The SMILES string of the molecule is CCNC1CCN(c2c(F)cccc2Cl)C1. The zero-order chi connectivity index (χ0) is 11.5. The van der Waals surface area contributed by atoms with Crippen LogP contribution in [0, 0.1) is 5.82 Å². The van der Waals surface area contributed by atoms with Crippen molar-refractivity contribution in [3.8, 4) is 0 Å². The molecule has 1 unspecified atom stereocenters. The smallest absolute Gasteiger partial charge is 0.148 e. The molecule has 1 saturated heterocycles. The first-order valence-corrected chi connectivity index (χ1v) is 6.02. The first kappa shape index (κ1) is 11.7. The van der Waals surface area contributed by atoms with Gasteiger partial charge in [0, 0.05) is 19.1 Å². The normalized spacial score (nSPS) is 20.4. The van der Waals surface area contributed by atoms with Gasteiger partial charge in [0.2, 0.25) is 0 Å². The Labute approximate surface area is 100 Å². The van der Waals surface area contributed by atoms with Gasteiger partial charge in [-0.3, -0.25) is 0 Å². The summed E-state index contributed by atoms with van der Waals surface area (Å²) in [5.74, 6) is -0.232. The van der Waals surface area contributed by atoms with Gasteiger partial charge in [0.25, 0.3) is 0 Å². The Morgan fingerprint density at radius 1 is 1.56 bits per heavy atom. The van der Waals surface area contributed by atoms with Gasteiger partial charge in [-0.15, -0.1) is 0 Å². The maximum Gasteiger partial charge on any atom is 0.148 e. The van der Waals surface area contributed by atoms with Crippen LogP contribution in [0.2, 0.25) is 5.02 Å². The van der Waals surface area contributed by atoms with Crippen LogP contribution in [0.15, 0.2) is 18.2 Å². The Bertz CT molecular complexity index is 350. The van der Waals surface area contributed by atoms with Gasteiger partial charge < -0.3 is 10.2 Å². The number of benzene rings is 1. The van der Waals surface area contributed by atoms with Crippen molar-refractivity contribution in [1.82, 2.24) is 5.32 Å². The van der Waals surface area contributed by atoms with Crippen LogP contribution in [0.3, 0.4) is 0 Å². The van der Waals surface area contributed by atoms with E-state index in [2.05, 4.69) is 12.2 Å². The Hall–Kier alpha value is -0.800. The van der Waals surface area contributed by atoms with E-state index in [0.717, 1.165) is 26.1 Å².